The highest BCUT2D eigenvalue weighted by Crippen LogP contribution is 2.01. The van der Waals surface area contributed by atoms with E-state index in [0.717, 1.165) is 6.42 Å². The van der Waals surface area contributed by atoms with Gasteiger partial charge in [0.15, 0.2) is 6.29 Å². The molecule has 0 amide bonds. The Labute approximate surface area is 73.4 Å². The molecule has 0 fully saturated rings. The summed E-state index contributed by atoms with van der Waals surface area (Å²) in [5.41, 5.74) is 0. The highest BCUT2D eigenvalue weighted by Gasteiger charge is 2.07. The van der Waals surface area contributed by atoms with Crippen LogP contribution in [0.5, 0.6) is 0 Å². The first kappa shape index (κ1) is 11.8. The third-order valence-corrected chi connectivity index (χ3v) is 1.31. The van der Waals surface area contributed by atoms with Crippen molar-refractivity contribution in [1.82, 2.24) is 0 Å². The molecule has 74 valence electrons. The van der Waals surface area contributed by atoms with Gasteiger partial charge in [0.2, 0.25) is 0 Å². The van der Waals surface area contributed by atoms with Crippen LogP contribution in [-0.4, -0.2) is 31.4 Å². The zero-order valence-electron chi connectivity index (χ0n) is 7.78. The molecule has 4 nitrogen and oxygen atoms in total. The first-order valence-corrected chi connectivity index (χ1v) is 4.34. The molecule has 0 aliphatic carbocycles. The van der Waals surface area contributed by atoms with E-state index < -0.39 is 0 Å². The van der Waals surface area contributed by atoms with E-state index in [2.05, 4.69) is 4.89 Å². The average Bonchev–Trinajstić information content (AvgIpc) is 2.10. The third kappa shape index (κ3) is 6.54. The van der Waals surface area contributed by atoms with Crippen LogP contribution in [0.25, 0.3) is 0 Å². The second-order valence-electron chi connectivity index (χ2n) is 2.38. The Balaban J connectivity index is 3.40. The van der Waals surface area contributed by atoms with Crippen molar-refractivity contribution in [2.45, 2.75) is 33.0 Å². The molecule has 1 N–H and O–H groups in total. The predicted octanol–water partition coefficient (Wildman–Crippen LogP) is 1.66. The second-order valence-corrected chi connectivity index (χ2v) is 2.38. The van der Waals surface area contributed by atoms with Gasteiger partial charge in [-0.1, -0.05) is 6.92 Å². The fourth-order valence-corrected chi connectivity index (χ4v) is 0.799. The molecule has 0 bridgehead atoms. The van der Waals surface area contributed by atoms with Crippen LogP contribution >= 0.6 is 0 Å². The van der Waals surface area contributed by atoms with E-state index >= 15 is 0 Å². The van der Waals surface area contributed by atoms with Gasteiger partial charge >= 0.3 is 0 Å². The van der Waals surface area contributed by atoms with Gasteiger partial charge in [-0.3, -0.25) is 5.26 Å². The smallest absolute Gasteiger partial charge is 0.159 e. The van der Waals surface area contributed by atoms with Crippen LogP contribution in [0.2, 0.25) is 0 Å². The Kier molecular flexibility index (Phi) is 8.81. The molecule has 0 spiro atoms. The predicted molar refractivity (Wildman–Crippen MR) is 44.9 cm³/mol. The molecule has 1 unspecified atom stereocenters. The summed E-state index contributed by atoms with van der Waals surface area (Å²) in [6.07, 6.45) is 1.27. The van der Waals surface area contributed by atoms with Crippen molar-refractivity contribution in [3.8, 4) is 0 Å². The van der Waals surface area contributed by atoms with E-state index in [1.807, 2.05) is 13.8 Å². The molecule has 0 aromatic heterocycles. The van der Waals surface area contributed by atoms with Crippen molar-refractivity contribution in [1.29, 1.82) is 0 Å². The third-order valence-electron chi connectivity index (χ3n) is 1.31. The Morgan fingerprint density at radius 2 is 1.92 bits per heavy atom. The maximum atomic E-state index is 8.10. The normalized spacial score (nSPS) is 13.2. The summed E-state index contributed by atoms with van der Waals surface area (Å²) in [4.78, 5) is 3.94. The largest absolute Gasteiger partial charge is 0.353 e. The van der Waals surface area contributed by atoms with Crippen LogP contribution in [0.15, 0.2) is 0 Å². The highest BCUT2D eigenvalue weighted by atomic mass is 17.1. The minimum absolute atomic E-state index is 0.244. The minimum Gasteiger partial charge on any atom is -0.353 e. The summed E-state index contributed by atoms with van der Waals surface area (Å²) < 4.78 is 10.6. The number of rotatable bonds is 8. The van der Waals surface area contributed by atoms with Gasteiger partial charge in [0, 0.05) is 19.6 Å². The van der Waals surface area contributed by atoms with Gasteiger partial charge in [0.25, 0.3) is 0 Å². The summed E-state index contributed by atoms with van der Waals surface area (Å²) in [5, 5.41) is 8.10. The first-order chi connectivity index (χ1) is 5.85. The van der Waals surface area contributed by atoms with Crippen LogP contribution in [0.4, 0.5) is 0 Å². The summed E-state index contributed by atoms with van der Waals surface area (Å²) >= 11 is 0. The summed E-state index contributed by atoms with van der Waals surface area (Å²) in [6.45, 7) is 5.47. The Bertz CT molecular complexity index is 79.1. The van der Waals surface area contributed by atoms with Gasteiger partial charge in [-0.25, -0.2) is 4.89 Å². The molecule has 0 aliphatic rings. The van der Waals surface area contributed by atoms with E-state index in [-0.39, 0.29) is 12.9 Å². The number of ether oxygens (including phenoxy) is 2. The fraction of sp³-hybridized carbons (Fsp3) is 1.00. The average molecular weight is 178 g/mol. The molecule has 0 saturated heterocycles. The van der Waals surface area contributed by atoms with Crippen LogP contribution in [0.3, 0.4) is 0 Å². The molecular formula is C8H18O4. The molecule has 0 aromatic carbocycles. The van der Waals surface area contributed by atoms with Gasteiger partial charge in [-0.15, -0.1) is 0 Å². The van der Waals surface area contributed by atoms with E-state index in [9.17, 15) is 0 Å². The standard InChI is InChI=1S/C8H18O4/c1-3-6-11-8(10-4-2)5-7-12-9/h8-9H,3-7H2,1-2H3. The van der Waals surface area contributed by atoms with Gasteiger partial charge < -0.3 is 9.47 Å². The topological polar surface area (TPSA) is 47.9 Å². The fourth-order valence-electron chi connectivity index (χ4n) is 0.799. The maximum absolute atomic E-state index is 8.10. The Morgan fingerprint density at radius 1 is 1.17 bits per heavy atom. The van der Waals surface area contributed by atoms with Gasteiger partial charge in [0.05, 0.1) is 6.61 Å². The maximum Gasteiger partial charge on any atom is 0.159 e. The van der Waals surface area contributed by atoms with Crippen molar-refractivity contribution >= 4 is 0 Å². The summed E-state index contributed by atoms with van der Waals surface area (Å²) in [6, 6.07) is 0. The molecular weight excluding hydrogens is 160 g/mol. The highest BCUT2D eigenvalue weighted by molar-refractivity contribution is 4.43. The number of hydrogen-bond acceptors (Lipinski definition) is 4. The molecule has 0 rings (SSSR count). The van der Waals surface area contributed by atoms with E-state index in [4.69, 9.17) is 14.7 Å². The molecule has 1 atom stereocenters. The summed E-state index contributed by atoms with van der Waals surface area (Å²) in [7, 11) is 0. The molecule has 0 heterocycles. The van der Waals surface area contributed by atoms with Crippen molar-refractivity contribution < 1.29 is 19.6 Å². The quantitative estimate of drug-likeness (QED) is 0.349. The number of hydrogen-bond donors (Lipinski definition) is 1. The van der Waals surface area contributed by atoms with Crippen LogP contribution in [0.1, 0.15) is 26.7 Å². The Morgan fingerprint density at radius 3 is 2.42 bits per heavy atom. The zero-order chi connectivity index (χ0) is 9.23. The van der Waals surface area contributed by atoms with Gasteiger partial charge in [-0.2, -0.15) is 0 Å². The van der Waals surface area contributed by atoms with Gasteiger partial charge in [-0.05, 0) is 13.3 Å². The lowest BCUT2D eigenvalue weighted by Gasteiger charge is -2.16. The second kappa shape index (κ2) is 8.93. The van der Waals surface area contributed by atoms with Crippen molar-refractivity contribution in [3.63, 3.8) is 0 Å². The van der Waals surface area contributed by atoms with Gasteiger partial charge in [0.1, 0.15) is 0 Å². The molecule has 4 heteroatoms. The molecule has 0 radical (unpaired) electrons. The summed E-state index contributed by atoms with van der Waals surface area (Å²) in [5.74, 6) is 0. The minimum atomic E-state index is -0.248. The Hall–Kier alpha value is -0.160. The zero-order valence-corrected chi connectivity index (χ0v) is 7.78. The van der Waals surface area contributed by atoms with E-state index in [1.54, 1.807) is 0 Å². The van der Waals surface area contributed by atoms with Crippen LogP contribution in [-0.2, 0) is 14.4 Å². The van der Waals surface area contributed by atoms with Crippen LogP contribution < -0.4 is 0 Å². The van der Waals surface area contributed by atoms with Crippen molar-refractivity contribution in [3.05, 3.63) is 0 Å². The lowest BCUT2D eigenvalue weighted by molar-refractivity contribution is -0.256. The SMILES string of the molecule is CCCOC(CCOO)OCC. The van der Waals surface area contributed by atoms with Crippen molar-refractivity contribution in [2.75, 3.05) is 19.8 Å². The van der Waals surface area contributed by atoms with Crippen molar-refractivity contribution in [2.24, 2.45) is 0 Å². The molecule has 12 heavy (non-hydrogen) atoms. The lowest BCUT2D eigenvalue weighted by Crippen LogP contribution is -2.19. The molecule has 0 aromatic rings. The van der Waals surface area contributed by atoms with E-state index in [1.165, 1.54) is 0 Å². The lowest BCUT2D eigenvalue weighted by atomic mass is 10.4. The monoisotopic (exact) mass is 178 g/mol. The molecule has 0 aliphatic heterocycles. The first-order valence-electron chi connectivity index (χ1n) is 4.34. The molecule has 0 saturated carbocycles. The van der Waals surface area contributed by atoms with Crippen LogP contribution in [0, 0.1) is 0 Å². The van der Waals surface area contributed by atoms with E-state index in [0.29, 0.717) is 19.6 Å².